The van der Waals surface area contributed by atoms with E-state index in [1.165, 1.54) is 14.2 Å². The van der Waals surface area contributed by atoms with Gasteiger partial charge in [0.2, 0.25) is 5.12 Å². The van der Waals surface area contributed by atoms with E-state index < -0.39 is 14.3 Å². The molecule has 0 aliphatic heterocycles. The van der Waals surface area contributed by atoms with Crippen LogP contribution in [0.4, 0.5) is 0 Å². The lowest BCUT2D eigenvalue weighted by Gasteiger charge is -2.35. The van der Waals surface area contributed by atoms with Crippen molar-refractivity contribution >= 4 is 31.2 Å². The van der Waals surface area contributed by atoms with Crippen LogP contribution in [0.25, 0.3) is 0 Å². The molecule has 0 aromatic heterocycles. The van der Waals surface area contributed by atoms with Gasteiger partial charge in [-0.25, -0.2) is 4.79 Å². The largest absolute Gasteiger partial charge is 0.516 e. The zero-order valence-corrected chi connectivity index (χ0v) is 19.8. The lowest BCUT2D eigenvalue weighted by atomic mass is 10.2. The second kappa shape index (κ2) is 9.05. The highest BCUT2D eigenvalue weighted by atomic mass is 32.2. The van der Waals surface area contributed by atoms with E-state index in [0.717, 1.165) is 11.8 Å². The third-order valence-electron chi connectivity index (χ3n) is 5.05. The third kappa shape index (κ3) is 5.64. The zero-order valence-electron chi connectivity index (χ0n) is 18.0. The van der Waals surface area contributed by atoms with E-state index in [4.69, 9.17) is 13.9 Å². The molecule has 2 rings (SSSR count). The maximum atomic E-state index is 12.9. The van der Waals surface area contributed by atoms with Crippen molar-refractivity contribution in [1.29, 1.82) is 0 Å². The number of hydrogen-bond acceptors (Lipinski definition) is 6. The Labute approximate surface area is 177 Å². The van der Waals surface area contributed by atoms with E-state index in [1.807, 2.05) is 13.1 Å². The molecule has 0 heterocycles. The number of hydrogen-bond donors (Lipinski definition) is 0. The van der Waals surface area contributed by atoms with Crippen molar-refractivity contribution in [2.45, 2.75) is 43.8 Å². The summed E-state index contributed by atoms with van der Waals surface area (Å²) in [4.78, 5) is 26.3. The fourth-order valence-electron chi connectivity index (χ4n) is 2.25. The van der Waals surface area contributed by atoms with Crippen molar-refractivity contribution in [3.8, 4) is 11.5 Å². The van der Waals surface area contributed by atoms with E-state index >= 15 is 0 Å². The van der Waals surface area contributed by atoms with Crippen LogP contribution in [-0.2, 0) is 4.43 Å². The molecule has 0 fully saturated rings. The number of carbonyl (C=O) groups excluding carboxylic acids is 2. The molecule has 29 heavy (non-hydrogen) atoms. The number of methoxy groups -OCH3 is 2. The molecule has 0 spiro atoms. The minimum atomic E-state index is -2.28. The number of benzene rings is 2. The number of ether oxygens (including phenoxy) is 2. The molecule has 0 atom stereocenters. The minimum absolute atomic E-state index is 0.0995. The predicted octanol–water partition coefficient (Wildman–Crippen LogP) is 5.80. The molecule has 2 aromatic rings. The summed E-state index contributed by atoms with van der Waals surface area (Å²) in [6.07, 6.45) is 0. The molecular weight excluding hydrogens is 404 g/mol. The molecule has 156 valence electrons. The topological polar surface area (TPSA) is 61.8 Å². The summed E-state index contributed by atoms with van der Waals surface area (Å²) < 4.78 is 16.4. The van der Waals surface area contributed by atoms with Gasteiger partial charge in [0.1, 0.15) is 11.5 Å². The molecular formula is C22H28O5SSi. The summed E-state index contributed by atoms with van der Waals surface area (Å²) >= 11 is 0.988. The average molecular weight is 433 g/mol. The molecule has 0 saturated carbocycles. The standard InChI is InChI=1S/C22H28O5SSi/c1-22(2,3)29(6,7)27-20(23)18-10-8-9-11-19(18)28-21(24)15-12-16(25-4)14-17(13-15)26-5/h8-14H,1-7H3. The van der Waals surface area contributed by atoms with Crippen LogP contribution >= 0.6 is 11.8 Å². The van der Waals surface area contributed by atoms with Gasteiger partial charge in [-0.1, -0.05) is 32.9 Å². The minimum Gasteiger partial charge on any atom is -0.516 e. The van der Waals surface area contributed by atoms with Crippen LogP contribution in [0.5, 0.6) is 11.5 Å². The molecule has 2 aromatic carbocycles. The fourth-order valence-corrected chi connectivity index (χ4v) is 3.97. The van der Waals surface area contributed by atoms with Gasteiger partial charge in [0.15, 0.2) is 0 Å². The van der Waals surface area contributed by atoms with Crippen LogP contribution in [0.15, 0.2) is 47.4 Å². The lowest BCUT2D eigenvalue weighted by Crippen LogP contribution is -2.42. The average Bonchev–Trinajstić information content (AvgIpc) is 2.66. The highest BCUT2D eigenvalue weighted by molar-refractivity contribution is 8.14. The molecule has 5 nitrogen and oxygen atoms in total. The molecule has 0 aliphatic carbocycles. The fraction of sp³-hybridized carbons (Fsp3) is 0.364. The molecule has 0 saturated heterocycles. The Hall–Kier alpha value is -2.25. The number of thioether (sulfide) groups is 1. The van der Waals surface area contributed by atoms with Gasteiger partial charge >= 0.3 is 5.97 Å². The summed E-state index contributed by atoms with van der Waals surface area (Å²) in [5.74, 6) is 0.661. The van der Waals surface area contributed by atoms with E-state index in [-0.39, 0.29) is 10.2 Å². The van der Waals surface area contributed by atoms with Gasteiger partial charge < -0.3 is 13.9 Å². The van der Waals surface area contributed by atoms with E-state index in [1.54, 1.807) is 42.5 Å². The van der Waals surface area contributed by atoms with Crippen molar-refractivity contribution in [2.75, 3.05) is 14.2 Å². The lowest BCUT2D eigenvalue weighted by molar-refractivity contribution is 0.0709. The Morgan fingerprint density at radius 1 is 0.931 bits per heavy atom. The first-order chi connectivity index (χ1) is 13.5. The molecule has 0 aliphatic rings. The quantitative estimate of drug-likeness (QED) is 0.425. The Balaban J connectivity index is 2.30. The normalized spacial score (nSPS) is 11.7. The molecule has 0 unspecified atom stereocenters. The van der Waals surface area contributed by atoms with Crippen LogP contribution in [0.1, 0.15) is 41.5 Å². The van der Waals surface area contributed by atoms with Crippen LogP contribution in [0.3, 0.4) is 0 Å². The van der Waals surface area contributed by atoms with Gasteiger partial charge in [0, 0.05) is 16.5 Å². The highest BCUT2D eigenvalue weighted by Crippen LogP contribution is 2.38. The second-order valence-corrected chi connectivity index (χ2v) is 13.9. The summed E-state index contributed by atoms with van der Waals surface area (Å²) in [6, 6.07) is 12.0. The first-order valence-electron chi connectivity index (χ1n) is 9.26. The van der Waals surface area contributed by atoms with E-state index in [2.05, 4.69) is 20.8 Å². The van der Waals surface area contributed by atoms with Crippen molar-refractivity contribution in [1.82, 2.24) is 0 Å². The Morgan fingerprint density at radius 3 is 2.00 bits per heavy atom. The summed E-state index contributed by atoms with van der Waals surface area (Å²) in [5, 5.41) is -0.313. The van der Waals surface area contributed by atoms with Crippen molar-refractivity contribution < 1.29 is 23.5 Å². The second-order valence-electron chi connectivity index (χ2n) is 8.14. The van der Waals surface area contributed by atoms with E-state index in [0.29, 0.717) is 27.5 Å². The Morgan fingerprint density at radius 2 is 1.48 bits per heavy atom. The van der Waals surface area contributed by atoms with Gasteiger partial charge in [-0.05, 0) is 54.2 Å². The van der Waals surface area contributed by atoms with Crippen molar-refractivity contribution in [2.24, 2.45) is 0 Å². The summed E-state index contributed by atoms with van der Waals surface area (Å²) in [6.45, 7) is 10.3. The molecule has 0 radical (unpaired) electrons. The van der Waals surface area contributed by atoms with Gasteiger partial charge in [-0.15, -0.1) is 0 Å². The van der Waals surface area contributed by atoms with Gasteiger partial charge in [0.25, 0.3) is 8.32 Å². The van der Waals surface area contributed by atoms with Crippen molar-refractivity contribution in [3.63, 3.8) is 0 Å². The SMILES string of the molecule is COc1cc(OC)cc(C(=O)Sc2ccccc2C(=O)O[Si](C)(C)C(C)(C)C)c1. The molecule has 0 amide bonds. The number of carbonyl (C=O) groups is 2. The maximum Gasteiger partial charge on any atom is 0.325 e. The monoisotopic (exact) mass is 432 g/mol. The molecule has 0 bridgehead atoms. The Bertz CT molecular complexity index is 880. The third-order valence-corrected chi connectivity index (χ3v) is 10.4. The van der Waals surface area contributed by atoms with Crippen LogP contribution < -0.4 is 9.47 Å². The number of rotatable bonds is 6. The Kier molecular flexibility index (Phi) is 7.18. The molecule has 7 heteroatoms. The highest BCUT2D eigenvalue weighted by Gasteiger charge is 2.40. The van der Waals surface area contributed by atoms with Gasteiger partial charge in [-0.3, -0.25) is 4.79 Å². The summed E-state index contributed by atoms with van der Waals surface area (Å²) in [7, 11) is 0.781. The van der Waals surface area contributed by atoms with Crippen LogP contribution in [0.2, 0.25) is 18.1 Å². The first kappa shape index (κ1) is 23.0. The zero-order chi connectivity index (χ0) is 21.8. The van der Waals surface area contributed by atoms with Gasteiger partial charge in [0.05, 0.1) is 19.8 Å². The van der Waals surface area contributed by atoms with Crippen molar-refractivity contribution in [3.05, 3.63) is 53.6 Å². The predicted molar refractivity (Wildman–Crippen MR) is 119 cm³/mol. The maximum absolute atomic E-state index is 12.9. The summed E-state index contributed by atoms with van der Waals surface area (Å²) in [5.41, 5.74) is 0.823. The van der Waals surface area contributed by atoms with Crippen LogP contribution in [0, 0.1) is 0 Å². The van der Waals surface area contributed by atoms with Gasteiger partial charge in [-0.2, -0.15) is 0 Å². The van der Waals surface area contributed by atoms with Crippen LogP contribution in [-0.4, -0.2) is 33.6 Å². The molecule has 0 N–H and O–H groups in total. The van der Waals surface area contributed by atoms with E-state index in [9.17, 15) is 9.59 Å². The first-order valence-corrected chi connectivity index (χ1v) is 13.0. The smallest absolute Gasteiger partial charge is 0.325 e.